The van der Waals surface area contributed by atoms with Crippen LogP contribution in [0.5, 0.6) is 0 Å². The lowest BCUT2D eigenvalue weighted by molar-refractivity contribution is -0.135. The van der Waals surface area contributed by atoms with Crippen LogP contribution in [-0.4, -0.2) is 61.8 Å². The predicted molar refractivity (Wildman–Crippen MR) is 128 cm³/mol. The van der Waals surface area contributed by atoms with Crippen LogP contribution >= 0.6 is 0 Å². The first-order valence-electron chi connectivity index (χ1n) is 10.7. The monoisotopic (exact) mass is 477 g/mol. The Balaban J connectivity index is 1.45. The summed E-state index contributed by atoms with van der Waals surface area (Å²) >= 11 is 0. The topological polar surface area (TPSA) is 176 Å². The van der Waals surface area contributed by atoms with Crippen LogP contribution < -0.4 is 22.3 Å². The number of fused-ring (bicyclic) bond motifs is 3. The van der Waals surface area contributed by atoms with Crippen LogP contribution in [0.15, 0.2) is 52.2 Å². The first-order chi connectivity index (χ1) is 16.7. The summed E-state index contributed by atoms with van der Waals surface area (Å²) in [7, 11) is 0. The third-order valence-electron chi connectivity index (χ3n) is 5.48. The van der Waals surface area contributed by atoms with Crippen LogP contribution in [0, 0.1) is 6.92 Å². The molecule has 4 aromatic rings. The highest BCUT2D eigenvalue weighted by Gasteiger charge is 2.18. The highest BCUT2D eigenvalue weighted by Crippen LogP contribution is 2.27. The maximum absolute atomic E-state index is 12.8. The van der Waals surface area contributed by atoms with E-state index in [9.17, 15) is 24.0 Å². The number of H-pyrrole nitrogens is 2. The molecular formula is C23H23N7O5. The number of aromatic nitrogens is 4. The summed E-state index contributed by atoms with van der Waals surface area (Å²) in [4.78, 5) is 70.8. The Bertz CT molecular complexity index is 1570. The number of rotatable bonds is 8. The molecule has 180 valence electrons. The van der Waals surface area contributed by atoms with Crippen molar-refractivity contribution in [2.75, 3.05) is 19.6 Å². The molecule has 5 N–H and O–H groups in total. The van der Waals surface area contributed by atoms with Crippen molar-refractivity contribution in [2.24, 2.45) is 5.73 Å². The molecule has 12 heteroatoms. The Kier molecular flexibility index (Phi) is 6.44. The maximum Gasteiger partial charge on any atom is 0.328 e. The van der Waals surface area contributed by atoms with Gasteiger partial charge in [-0.2, -0.15) is 0 Å². The van der Waals surface area contributed by atoms with Crippen LogP contribution in [0.25, 0.3) is 21.8 Å². The molecule has 0 radical (unpaired) electrons. The average Bonchev–Trinajstić information content (AvgIpc) is 3.19. The number of aryl methyl sites for hydroxylation is 1. The fraction of sp³-hybridized carbons (Fsp3) is 0.217. The van der Waals surface area contributed by atoms with Crippen molar-refractivity contribution in [1.29, 1.82) is 0 Å². The van der Waals surface area contributed by atoms with Crippen LogP contribution in [-0.2, 0) is 16.1 Å². The quantitative estimate of drug-likeness (QED) is 0.269. The van der Waals surface area contributed by atoms with Crippen LogP contribution in [0.2, 0.25) is 0 Å². The Morgan fingerprint density at radius 1 is 1.11 bits per heavy atom. The Morgan fingerprint density at radius 2 is 1.89 bits per heavy atom. The number of carbonyl (C=O) groups is 3. The van der Waals surface area contributed by atoms with E-state index in [1.165, 1.54) is 6.20 Å². The number of primary amides is 1. The van der Waals surface area contributed by atoms with Gasteiger partial charge in [0.25, 0.3) is 11.5 Å². The minimum absolute atomic E-state index is 0.0189. The molecule has 12 nitrogen and oxygen atoms in total. The molecule has 0 saturated carbocycles. The first-order valence-corrected chi connectivity index (χ1v) is 10.7. The third-order valence-corrected chi connectivity index (χ3v) is 5.48. The number of pyridine rings is 1. The molecule has 3 aromatic heterocycles. The summed E-state index contributed by atoms with van der Waals surface area (Å²) in [5.41, 5.74) is 6.57. The first kappa shape index (κ1) is 23.4. The van der Waals surface area contributed by atoms with Crippen molar-refractivity contribution < 1.29 is 14.4 Å². The molecule has 3 heterocycles. The van der Waals surface area contributed by atoms with Gasteiger partial charge in [0.2, 0.25) is 11.8 Å². The van der Waals surface area contributed by atoms with Crippen molar-refractivity contribution in [1.82, 2.24) is 29.7 Å². The van der Waals surface area contributed by atoms with E-state index in [1.807, 2.05) is 29.2 Å². The van der Waals surface area contributed by atoms with Crippen molar-refractivity contribution in [2.45, 2.75) is 13.5 Å². The zero-order valence-electron chi connectivity index (χ0n) is 18.8. The number of hydrogen-bond donors (Lipinski definition) is 4. The van der Waals surface area contributed by atoms with Crippen molar-refractivity contribution in [3.8, 4) is 0 Å². The van der Waals surface area contributed by atoms with E-state index in [0.717, 1.165) is 37.3 Å². The minimum atomic E-state index is -0.757. The van der Waals surface area contributed by atoms with Crippen molar-refractivity contribution >= 4 is 39.5 Å². The van der Waals surface area contributed by atoms with E-state index in [1.54, 1.807) is 13.0 Å². The summed E-state index contributed by atoms with van der Waals surface area (Å²) in [5, 5.41) is 4.54. The van der Waals surface area contributed by atoms with E-state index in [0.29, 0.717) is 5.69 Å². The van der Waals surface area contributed by atoms with Gasteiger partial charge < -0.3 is 20.9 Å². The number of carbonyl (C=O) groups excluding carboxylic acids is 3. The summed E-state index contributed by atoms with van der Waals surface area (Å²) < 4.78 is 0.999. The van der Waals surface area contributed by atoms with Crippen LogP contribution in [0.4, 0.5) is 0 Å². The summed E-state index contributed by atoms with van der Waals surface area (Å²) in [6.07, 6.45) is 1.18. The highest BCUT2D eigenvalue weighted by atomic mass is 16.2. The van der Waals surface area contributed by atoms with Gasteiger partial charge in [-0.25, -0.2) is 9.78 Å². The summed E-state index contributed by atoms with van der Waals surface area (Å²) in [6, 6.07) is 10.5. The van der Waals surface area contributed by atoms with Gasteiger partial charge in [0, 0.05) is 41.6 Å². The highest BCUT2D eigenvalue weighted by molar-refractivity contribution is 6.10. The van der Waals surface area contributed by atoms with E-state index in [4.69, 9.17) is 5.73 Å². The number of nitrogens with one attached hydrogen (secondary N) is 3. The van der Waals surface area contributed by atoms with Gasteiger partial charge in [-0.15, -0.1) is 0 Å². The lowest BCUT2D eigenvalue weighted by atomic mass is 10.1. The zero-order valence-corrected chi connectivity index (χ0v) is 18.8. The number of benzene rings is 1. The molecule has 0 aliphatic rings. The summed E-state index contributed by atoms with van der Waals surface area (Å²) in [5.74, 6) is -1.77. The largest absolute Gasteiger partial charge is 0.368 e. The van der Waals surface area contributed by atoms with E-state index in [-0.39, 0.29) is 18.8 Å². The number of nitrogens with two attached hydrogens (primary N) is 1. The Morgan fingerprint density at radius 3 is 2.63 bits per heavy atom. The van der Waals surface area contributed by atoms with E-state index in [2.05, 4.69) is 15.3 Å². The van der Waals surface area contributed by atoms with Crippen LogP contribution in [0.3, 0.4) is 0 Å². The van der Waals surface area contributed by atoms with Crippen LogP contribution in [0.1, 0.15) is 16.2 Å². The third kappa shape index (κ3) is 5.11. The number of nitrogens with zero attached hydrogens (tertiary/aromatic N) is 3. The predicted octanol–water partition coefficient (Wildman–Crippen LogP) is -0.382. The molecule has 0 aliphatic heterocycles. The van der Waals surface area contributed by atoms with Gasteiger partial charge in [-0.1, -0.05) is 18.2 Å². The van der Waals surface area contributed by atoms with Gasteiger partial charge in [0.05, 0.1) is 17.8 Å². The lowest BCUT2D eigenvalue weighted by Crippen LogP contribution is -2.45. The second-order valence-electron chi connectivity index (χ2n) is 7.96. The van der Waals surface area contributed by atoms with Gasteiger partial charge in [0.15, 0.2) is 0 Å². The molecule has 0 atom stereocenters. The van der Waals surface area contributed by atoms with Gasteiger partial charge >= 0.3 is 5.69 Å². The molecule has 3 amide bonds. The van der Waals surface area contributed by atoms with Crippen molar-refractivity contribution in [3.63, 3.8) is 0 Å². The molecule has 1 aromatic carbocycles. The standard InChI is InChI=1S/C23H23N7O5/c1-13-21-15(14-4-2-3-5-16(14)27-21)10-17(26-13)22(34)25-7-9-29(11-18(24)31)20(33)12-30-8-6-19(32)28-23(30)35/h2-6,8,10,27H,7,9,11-12H2,1H3,(H2,24,31)(H,25,34)(H,28,32,35). The second kappa shape index (κ2) is 9.63. The fourth-order valence-corrected chi connectivity index (χ4v) is 3.81. The van der Waals surface area contributed by atoms with E-state index >= 15 is 0 Å². The smallest absolute Gasteiger partial charge is 0.328 e. The molecule has 35 heavy (non-hydrogen) atoms. The molecular weight excluding hydrogens is 454 g/mol. The lowest BCUT2D eigenvalue weighted by Gasteiger charge is -2.21. The average molecular weight is 477 g/mol. The normalized spacial score (nSPS) is 11.0. The Labute approximate surface area is 197 Å². The molecule has 0 fully saturated rings. The fourth-order valence-electron chi connectivity index (χ4n) is 3.81. The SMILES string of the molecule is Cc1nc(C(=O)NCCN(CC(N)=O)C(=O)Cn2ccc(=O)[nH]c2=O)cc2c1[nH]c1ccccc12. The van der Waals surface area contributed by atoms with E-state index < -0.39 is 42.1 Å². The zero-order chi connectivity index (χ0) is 25.1. The number of hydrogen-bond acceptors (Lipinski definition) is 6. The second-order valence-corrected chi connectivity index (χ2v) is 7.96. The number of amides is 3. The molecule has 0 unspecified atom stereocenters. The molecule has 0 aliphatic carbocycles. The molecule has 0 spiro atoms. The maximum atomic E-state index is 12.8. The molecule has 4 rings (SSSR count). The Hall–Kier alpha value is -4.74. The number of para-hydroxylation sites is 1. The minimum Gasteiger partial charge on any atom is -0.368 e. The number of aromatic amines is 2. The molecule has 0 bridgehead atoms. The van der Waals surface area contributed by atoms with Gasteiger partial charge in [-0.3, -0.25) is 28.7 Å². The van der Waals surface area contributed by atoms with Crippen molar-refractivity contribution in [3.05, 3.63) is 74.8 Å². The summed E-state index contributed by atoms with van der Waals surface area (Å²) in [6.45, 7) is 0.992. The van der Waals surface area contributed by atoms with Gasteiger partial charge in [-0.05, 0) is 19.1 Å². The molecule has 0 saturated heterocycles. The van der Waals surface area contributed by atoms with Gasteiger partial charge in [0.1, 0.15) is 12.2 Å².